The van der Waals surface area contributed by atoms with Crippen molar-refractivity contribution in [1.82, 2.24) is 30.2 Å². The van der Waals surface area contributed by atoms with Gasteiger partial charge in [-0.05, 0) is 91.9 Å². The lowest BCUT2D eigenvalue weighted by molar-refractivity contribution is -0.163. The third-order valence-corrected chi connectivity index (χ3v) is 13.4. The quantitative estimate of drug-likeness (QED) is 0.300. The molecule has 14 heteroatoms. The van der Waals surface area contributed by atoms with Crippen LogP contribution in [0.3, 0.4) is 0 Å². The zero-order valence-electron chi connectivity index (χ0n) is 29.7. The third kappa shape index (κ3) is 5.91. The Morgan fingerprint density at radius 2 is 1.57 bits per heavy atom. The summed E-state index contributed by atoms with van der Waals surface area (Å²) < 4.78 is 44.4. The van der Waals surface area contributed by atoms with E-state index in [0.717, 1.165) is 100 Å². The van der Waals surface area contributed by atoms with Crippen molar-refractivity contribution in [3.05, 3.63) is 65.2 Å². The van der Waals surface area contributed by atoms with Gasteiger partial charge in [0, 0.05) is 69.0 Å². The largest absolute Gasteiger partial charge is 0.479 e. The number of halogens is 3. The number of carbonyl (C=O) groups excluding carboxylic acids is 1. The van der Waals surface area contributed by atoms with Gasteiger partial charge in [0.1, 0.15) is 5.54 Å². The summed E-state index contributed by atoms with van der Waals surface area (Å²) >= 11 is 0. The van der Waals surface area contributed by atoms with Gasteiger partial charge in [-0.15, -0.1) is 0 Å². The fourth-order valence-corrected chi connectivity index (χ4v) is 11.1. The third-order valence-electron chi connectivity index (χ3n) is 13.4. The smallest absolute Gasteiger partial charge is 0.434 e. The van der Waals surface area contributed by atoms with Gasteiger partial charge in [0.2, 0.25) is 11.9 Å². The number of carboxylic acid groups (broad SMARTS) is 1. The summed E-state index contributed by atoms with van der Waals surface area (Å²) in [4.78, 5) is 50.3. The Balaban J connectivity index is 0.989. The molecule has 7 aliphatic rings. The predicted molar refractivity (Wildman–Crippen MR) is 190 cm³/mol. The number of nitrogens with one attached hydrogen (secondary N) is 1. The second-order valence-electron chi connectivity index (χ2n) is 16.5. The number of nitrogens with zero attached hydrogens (tertiary/aromatic N) is 7. The highest BCUT2D eigenvalue weighted by atomic mass is 19.4. The summed E-state index contributed by atoms with van der Waals surface area (Å²) in [6.07, 6.45) is 8.24. The number of rotatable bonds is 7. The number of amides is 1. The van der Waals surface area contributed by atoms with Crippen LogP contribution in [0.5, 0.6) is 0 Å². The molecule has 6 fully saturated rings. The van der Waals surface area contributed by atoms with Crippen LogP contribution >= 0.6 is 0 Å². The van der Waals surface area contributed by atoms with Gasteiger partial charge < -0.3 is 20.2 Å². The van der Waals surface area contributed by atoms with Crippen molar-refractivity contribution in [3.8, 4) is 0 Å². The number of piperazine rings is 1. The average Bonchev–Trinajstić information content (AvgIpc) is 3.45. The summed E-state index contributed by atoms with van der Waals surface area (Å²) in [5.41, 5.74) is -0.835. The van der Waals surface area contributed by atoms with E-state index >= 15 is 0 Å². The van der Waals surface area contributed by atoms with Gasteiger partial charge in [-0.2, -0.15) is 13.2 Å². The van der Waals surface area contributed by atoms with Crippen LogP contribution in [0.4, 0.5) is 30.8 Å². The Labute approximate surface area is 306 Å². The second-order valence-corrected chi connectivity index (χ2v) is 16.5. The summed E-state index contributed by atoms with van der Waals surface area (Å²) in [5, 5.41) is 13.2. The molecule has 53 heavy (non-hydrogen) atoms. The average molecular weight is 731 g/mol. The molecule has 1 amide bonds. The predicted octanol–water partition coefficient (Wildman–Crippen LogP) is 5.97. The Bertz CT molecular complexity index is 1870. The van der Waals surface area contributed by atoms with E-state index in [1.54, 1.807) is 17.3 Å². The number of carboxylic acids is 1. The number of hydrogen-bond donors (Lipinski definition) is 2. The van der Waals surface area contributed by atoms with E-state index in [4.69, 9.17) is 0 Å². The van der Waals surface area contributed by atoms with Crippen molar-refractivity contribution in [2.75, 3.05) is 42.5 Å². The van der Waals surface area contributed by atoms with Crippen molar-refractivity contribution in [2.24, 2.45) is 23.7 Å². The molecule has 10 rings (SSSR count). The van der Waals surface area contributed by atoms with E-state index in [2.05, 4.69) is 41.1 Å². The normalized spacial score (nSPS) is 29.0. The standard InChI is InChI=1S/C39H45F3N8O3/c40-39(41,42)32-29(33(51)47-38(34(52)53)27-16-25-15-26(18-27)19-28(38)17-25)21-45-36(46-32)50-23-37(7-2-1-3-8-37)30-20-24(5-6-31(30)50)22-48-11-13-49(14-12-48)35-43-9-4-10-44-35/h4-6,9-10,20-21,25-28H,1-3,7-8,11-19,22-23H2,(H,47,51)(H,52,53). The highest BCUT2D eigenvalue weighted by Crippen LogP contribution is 2.58. The highest BCUT2D eigenvalue weighted by Gasteiger charge is 2.62. The zero-order valence-corrected chi connectivity index (χ0v) is 29.7. The van der Waals surface area contributed by atoms with Crippen LogP contribution in [0.25, 0.3) is 0 Å². The number of fused-ring (bicyclic) bond motifs is 2. The van der Waals surface area contributed by atoms with Gasteiger partial charge in [-0.1, -0.05) is 31.4 Å². The molecule has 5 aliphatic carbocycles. The zero-order chi connectivity index (χ0) is 36.5. The van der Waals surface area contributed by atoms with Gasteiger partial charge in [0.25, 0.3) is 5.91 Å². The van der Waals surface area contributed by atoms with Gasteiger partial charge in [-0.25, -0.2) is 24.7 Å². The lowest BCUT2D eigenvalue weighted by atomic mass is 9.48. The number of aromatic nitrogens is 4. The molecule has 0 atom stereocenters. The highest BCUT2D eigenvalue weighted by molar-refractivity contribution is 5.99. The molecule has 11 nitrogen and oxygen atoms in total. The van der Waals surface area contributed by atoms with E-state index in [1.807, 2.05) is 18.2 Å². The molecule has 0 unspecified atom stereocenters. The summed E-state index contributed by atoms with van der Waals surface area (Å²) in [5.74, 6) is -1.40. The number of benzene rings is 1. The van der Waals surface area contributed by atoms with Crippen LogP contribution in [0.15, 0.2) is 42.9 Å². The SMILES string of the molecule is O=C(NC1(C(=O)O)C2CC3CC(C2)CC1C3)c1cnc(N2CC3(CCCCC3)c3cc(CN4CCN(c5ncccn5)CC4)ccc32)nc1C(F)(F)F. The maximum Gasteiger partial charge on any atom is 0.434 e. The number of anilines is 3. The fourth-order valence-electron chi connectivity index (χ4n) is 11.1. The van der Waals surface area contributed by atoms with E-state index in [0.29, 0.717) is 44.1 Å². The fraction of sp³-hybridized carbons (Fsp3) is 0.590. The lowest BCUT2D eigenvalue weighted by Crippen LogP contribution is -2.70. The van der Waals surface area contributed by atoms with E-state index in [-0.39, 0.29) is 23.2 Å². The second kappa shape index (κ2) is 12.9. The first-order chi connectivity index (χ1) is 25.5. The molecule has 280 valence electrons. The number of carbonyl (C=O) groups is 2. The van der Waals surface area contributed by atoms with Crippen molar-refractivity contribution in [3.63, 3.8) is 0 Å². The first-order valence-corrected chi connectivity index (χ1v) is 19.2. The molecule has 5 saturated carbocycles. The minimum Gasteiger partial charge on any atom is -0.479 e. The maximum atomic E-state index is 14.8. The number of alkyl halides is 3. The van der Waals surface area contributed by atoms with Crippen LogP contribution in [-0.2, 0) is 22.9 Å². The van der Waals surface area contributed by atoms with Gasteiger partial charge in [0.05, 0.1) is 5.56 Å². The van der Waals surface area contributed by atoms with Crippen LogP contribution in [-0.4, -0.2) is 80.1 Å². The number of aliphatic carboxylic acids is 1. The molecule has 4 bridgehead atoms. The Kier molecular flexibility index (Phi) is 8.39. The van der Waals surface area contributed by atoms with E-state index in [9.17, 15) is 27.9 Å². The van der Waals surface area contributed by atoms with E-state index in [1.165, 1.54) is 0 Å². The molecule has 2 aromatic heterocycles. The monoisotopic (exact) mass is 730 g/mol. The molecular weight excluding hydrogens is 685 g/mol. The molecule has 1 saturated heterocycles. The first-order valence-electron chi connectivity index (χ1n) is 19.2. The molecule has 2 N–H and O–H groups in total. The van der Waals surface area contributed by atoms with Gasteiger partial charge >= 0.3 is 12.1 Å². The summed E-state index contributed by atoms with van der Waals surface area (Å²) in [6, 6.07) is 8.08. The lowest BCUT2D eigenvalue weighted by Gasteiger charge is -2.59. The molecule has 1 aromatic carbocycles. The first kappa shape index (κ1) is 34.4. The summed E-state index contributed by atoms with van der Waals surface area (Å²) in [7, 11) is 0. The van der Waals surface area contributed by atoms with Crippen molar-refractivity contribution in [2.45, 2.75) is 87.9 Å². The maximum absolute atomic E-state index is 14.8. The minimum atomic E-state index is -4.96. The van der Waals surface area contributed by atoms with Crippen molar-refractivity contribution in [1.29, 1.82) is 0 Å². The van der Waals surface area contributed by atoms with Crippen LogP contribution in [0, 0.1) is 23.7 Å². The van der Waals surface area contributed by atoms with Crippen molar-refractivity contribution >= 4 is 29.5 Å². The number of hydrogen-bond acceptors (Lipinski definition) is 9. The van der Waals surface area contributed by atoms with Gasteiger partial charge in [-0.3, -0.25) is 9.69 Å². The van der Waals surface area contributed by atoms with Crippen LogP contribution in [0.2, 0.25) is 0 Å². The Hall–Kier alpha value is -4.33. The van der Waals surface area contributed by atoms with Crippen molar-refractivity contribution < 1.29 is 27.9 Å². The minimum absolute atomic E-state index is 0.104. The topological polar surface area (TPSA) is 128 Å². The molecular formula is C39H45F3N8O3. The molecule has 2 aliphatic heterocycles. The Morgan fingerprint density at radius 3 is 2.21 bits per heavy atom. The van der Waals surface area contributed by atoms with Crippen LogP contribution < -0.4 is 15.1 Å². The molecule has 0 radical (unpaired) electrons. The molecule has 3 aromatic rings. The molecule has 1 spiro atoms. The summed E-state index contributed by atoms with van der Waals surface area (Å²) in [6.45, 7) is 4.56. The van der Waals surface area contributed by atoms with Crippen LogP contribution in [0.1, 0.15) is 91.4 Å². The molecule has 4 heterocycles. The van der Waals surface area contributed by atoms with E-state index < -0.39 is 34.8 Å². The Morgan fingerprint density at radius 1 is 0.887 bits per heavy atom. The van der Waals surface area contributed by atoms with Gasteiger partial charge in [0.15, 0.2) is 5.69 Å².